The second-order valence-corrected chi connectivity index (χ2v) is 9.82. The molecular formula is C18H12Cl2F3N3O4S2. The Bertz CT molecular complexity index is 1250. The Balaban J connectivity index is 1.68. The standard InChI is InChI=1S/C18H12Cl2F3N3O4S2/c19-13-7-11(4-5-14(13)32(28,29)26-17-25-9-15(20)31-17)16(27)24-8-10-2-1-3-12(6-10)30-18(21,22)23/h1-7,9H,8H2,(H,24,27)(H,25,26). The number of hydrogen-bond acceptors (Lipinski definition) is 6. The summed E-state index contributed by atoms with van der Waals surface area (Å²) in [5, 5.41) is 2.34. The van der Waals surface area contributed by atoms with Crippen LogP contribution in [0.15, 0.2) is 53.6 Å². The molecule has 0 saturated heterocycles. The van der Waals surface area contributed by atoms with E-state index in [0.717, 1.165) is 35.6 Å². The average Bonchev–Trinajstić information content (AvgIpc) is 3.08. The van der Waals surface area contributed by atoms with Crippen molar-refractivity contribution in [2.75, 3.05) is 4.72 Å². The molecule has 0 spiro atoms. The van der Waals surface area contributed by atoms with Crippen molar-refractivity contribution in [3.63, 3.8) is 0 Å². The maximum absolute atomic E-state index is 12.5. The molecule has 0 aliphatic carbocycles. The van der Waals surface area contributed by atoms with Crippen LogP contribution in [0.5, 0.6) is 5.75 Å². The van der Waals surface area contributed by atoms with Gasteiger partial charge in [0.15, 0.2) is 5.13 Å². The summed E-state index contributed by atoms with van der Waals surface area (Å²) >= 11 is 12.7. The van der Waals surface area contributed by atoms with Crippen LogP contribution >= 0.6 is 34.5 Å². The highest BCUT2D eigenvalue weighted by atomic mass is 35.5. The minimum atomic E-state index is -4.83. The molecule has 0 atom stereocenters. The van der Waals surface area contributed by atoms with E-state index in [-0.39, 0.29) is 31.5 Å². The zero-order valence-electron chi connectivity index (χ0n) is 15.6. The van der Waals surface area contributed by atoms with E-state index >= 15 is 0 Å². The van der Waals surface area contributed by atoms with Crippen LogP contribution in [0, 0.1) is 0 Å². The number of aromatic nitrogens is 1. The van der Waals surface area contributed by atoms with E-state index < -0.39 is 28.0 Å². The third kappa shape index (κ3) is 6.48. The number of alkyl halides is 3. The Labute approximate surface area is 194 Å². The molecule has 2 aromatic carbocycles. The smallest absolute Gasteiger partial charge is 0.406 e. The first-order chi connectivity index (χ1) is 14.9. The van der Waals surface area contributed by atoms with E-state index in [1.54, 1.807) is 0 Å². The van der Waals surface area contributed by atoms with Crippen molar-refractivity contribution >= 4 is 55.6 Å². The number of nitrogens with zero attached hydrogens (tertiary/aromatic N) is 1. The largest absolute Gasteiger partial charge is 0.573 e. The van der Waals surface area contributed by atoms with Crippen molar-refractivity contribution in [2.24, 2.45) is 0 Å². The quantitative estimate of drug-likeness (QED) is 0.448. The molecule has 1 aromatic heterocycles. The summed E-state index contributed by atoms with van der Waals surface area (Å²) in [4.78, 5) is 15.9. The third-order valence-corrected chi connectivity index (χ3v) is 6.75. The highest BCUT2D eigenvalue weighted by Gasteiger charge is 2.31. The van der Waals surface area contributed by atoms with Gasteiger partial charge in [-0.2, -0.15) is 0 Å². The van der Waals surface area contributed by atoms with Crippen molar-refractivity contribution in [3.05, 3.63) is 69.1 Å². The summed E-state index contributed by atoms with van der Waals surface area (Å²) in [5.41, 5.74) is 0.408. The Morgan fingerprint density at radius 2 is 1.91 bits per heavy atom. The lowest BCUT2D eigenvalue weighted by Gasteiger charge is -2.11. The number of ether oxygens (including phenoxy) is 1. The van der Waals surface area contributed by atoms with E-state index in [1.807, 2.05) is 0 Å². The van der Waals surface area contributed by atoms with Crippen LogP contribution < -0.4 is 14.8 Å². The van der Waals surface area contributed by atoms with Gasteiger partial charge in [0.2, 0.25) is 0 Å². The van der Waals surface area contributed by atoms with E-state index in [4.69, 9.17) is 23.2 Å². The van der Waals surface area contributed by atoms with Crippen LogP contribution in [0.25, 0.3) is 0 Å². The minimum Gasteiger partial charge on any atom is -0.406 e. The molecule has 0 aliphatic heterocycles. The van der Waals surface area contributed by atoms with E-state index in [1.165, 1.54) is 24.4 Å². The minimum absolute atomic E-state index is 0.0459. The molecule has 0 fully saturated rings. The Kier molecular flexibility index (Phi) is 7.18. The number of anilines is 1. The van der Waals surface area contributed by atoms with E-state index in [9.17, 15) is 26.4 Å². The lowest BCUT2D eigenvalue weighted by molar-refractivity contribution is -0.274. The number of amides is 1. The van der Waals surface area contributed by atoms with Gasteiger partial charge in [0.1, 0.15) is 15.0 Å². The summed E-state index contributed by atoms with van der Waals surface area (Å²) in [6, 6.07) is 8.66. The lowest BCUT2D eigenvalue weighted by Crippen LogP contribution is -2.23. The van der Waals surface area contributed by atoms with Gasteiger partial charge in [0, 0.05) is 12.1 Å². The maximum Gasteiger partial charge on any atom is 0.573 e. The first-order valence-electron chi connectivity index (χ1n) is 8.49. The van der Waals surface area contributed by atoms with Gasteiger partial charge in [-0.1, -0.05) is 46.7 Å². The Morgan fingerprint density at radius 3 is 2.53 bits per heavy atom. The molecule has 7 nitrogen and oxygen atoms in total. The number of benzene rings is 2. The molecule has 32 heavy (non-hydrogen) atoms. The van der Waals surface area contributed by atoms with Gasteiger partial charge >= 0.3 is 6.36 Å². The fourth-order valence-corrected chi connectivity index (χ4v) is 5.07. The zero-order valence-corrected chi connectivity index (χ0v) is 18.8. The van der Waals surface area contributed by atoms with E-state index in [0.29, 0.717) is 5.56 Å². The van der Waals surface area contributed by atoms with Crippen molar-refractivity contribution in [2.45, 2.75) is 17.8 Å². The van der Waals surface area contributed by atoms with Gasteiger partial charge < -0.3 is 10.1 Å². The molecule has 0 aliphatic rings. The first-order valence-corrected chi connectivity index (χ1v) is 11.5. The van der Waals surface area contributed by atoms with Crippen LogP contribution in [0.4, 0.5) is 18.3 Å². The molecule has 170 valence electrons. The molecule has 3 rings (SSSR count). The second kappa shape index (κ2) is 9.53. The number of hydrogen-bond donors (Lipinski definition) is 2. The van der Waals surface area contributed by atoms with Gasteiger partial charge in [0.05, 0.1) is 11.2 Å². The van der Waals surface area contributed by atoms with Crippen LogP contribution in [0.1, 0.15) is 15.9 Å². The molecule has 14 heteroatoms. The molecule has 1 heterocycles. The van der Waals surface area contributed by atoms with Crippen molar-refractivity contribution in [3.8, 4) is 5.75 Å². The lowest BCUT2D eigenvalue weighted by atomic mass is 10.2. The fourth-order valence-electron chi connectivity index (χ4n) is 2.47. The highest BCUT2D eigenvalue weighted by Crippen LogP contribution is 2.28. The number of halogens is 5. The second-order valence-electron chi connectivity index (χ2n) is 6.10. The monoisotopic (exact) mass is 525 g/mol. The van der Waals surface area contributed by atoms with Crippen molar-refractivity contribution in [1.29, 1.82) is 0 Å². The predicted octanol–water partition coefficient (Wildman–Crippen LogP) is 5.08. The molecule has 0 unspecified atom stereocenters. The summed E-state index contributed by atoms with van der Waals surface area (Å²) < 4.78 is 68.3. The number of carbonyl (C=O) groups excluding carboxylic acids is 1. The predicted molar refractivity (Wildman–Crippen MR) is 114 cm³/mol. The third-order valence-electron chi connectivity index (χ3n) is 3.77. The maximum atomic E-state index is 12.5. The van der Waals surface area contributed by atoms with Crippen LogP contribution in [0.3, 0.4) is 0 Å². The highest BCUT2D eigenvalue weighted by molar-refractivity contribution is 7.93. The summed E-state index contributed by atoms with van der Waals surface area (Å²) in [7, 11) is -4.08. The van der Waals surface area contributed by atoms with Crippen LogP contribution in [-0.2, 0) is 16.6 Å². The number of carbonyl (C=O) groups is 1. The molecule has 0 radical (unpaired) electrons. The summed E-state index contributed by atoms with van der Waals surface area (Å²) in [6.07, 6.45) is -3.55. The molecule has 1 amide bonds. The number of nitrogens with one attached hydrogen (secondary N) is 2. The Morgan fingerprint density at radius 1 is 1.16 bits per heavy atom. The van der Waals surface area contributed by atoms with Gasteiger partial charge in [0.25, 0.3) is 15.9 Å². The average molecular weight is 526 g/mol. The van der Waals surface area contributed by atoms with Crippen LogP contribution in [-0.4, -0.2) is 25.7 Å². The molecule has 2 N–H and O–H groups in total. The SMILES string of the molecule is O=C(NCc1cccc(OC(F)(F)F)c1)c1ccc(S(=O)(=O)Nc2ncc(Cl)s2)c(Cl)c1. The molecule has 3 aromatic rings. The van der Waals surface area contributed by atoms with Crippen molar-refractivity contribution < 1.29 is 31.1 Å². The summed E-state index contributed by atoms with van der Waals surface area (Å²) in [5.74, 6) is -1.03. The Hall–Kier alpha value is -2.54. The number of rotatable bonds is 7. The van der Waals surface area contributed by atoms with Gasteiger partial charge in [-0.25, -0.2) is 13.4 Å². The van der Waals surface area contributed by atoms with Gasteiger partial charge in [-0.3, -0.25) is 9.52 Å². The van der Waals surface area contributed by atoms with Crippen LogP contribution in [0.2, 0.25) is 9.36 Å². The zero-order chi connectivity index (χ0) is 23.5. The normalized spacial score (nSPS) is 11.8. The van der Waals surface area contributed by atoms with Crippen molar-refractivity contribution in [1.82, 2.24) is 10.3 Å². The molecule has 0 saturated carbocycles. The molecule has 0 bridgehead atoms. The number of sulfonamides is 1. The topological polar surface area (TPSA) is 97.4 Å². The summed E-state index contributed by atoms with van der Waals surface area (Å²) in [6.45, 7) is -0.0993. The number of thiazole rings is 1. The molecular weight excluding hydrogens is 514 g/mol. The van der Waals surface area contributed by atoms with Gasteiger partial charge in [-0.05, 0) is 35.9 Å². The van der Waals surface area contributed by atoms with Gasteiger partial charge in [-0.15, -0.1) is 13.2 Å². The van der Waals surface area contributed by atoms with E-state index in [2.05, 4.69) is 19.8 Å². The fraction of sp³-hybridized carbons (Fsp3) is 0.111. The first kappa shape index (κ1) is 24.1.